The van der Waals surface area contributed by atoms with Crippen molar-refractivity contribution < 1.29 is 4.39 Å². The van der Waals surface area contributed by atoms with Crippen molar-refractivity contribution in [1.82, 2.24) is 15.3 Å². The summed E-state index contributed by atoms with van der Waals surface area (Å²) in [5.74, 6) is 0.134. The molecule has 3 rings (SSSR count). The minimum atomic E-state index is -0.294. The number of hydrogen-bond acceptors (Lipinski definition) is 4. The predicted molar refractivity (Wildman–Crippen MR) is 72.5 cm³/mol. The van der Waals surface area contributed by atoms with Crippen LogP contribution in [-0.2, 0) is 0 Å². The van der Waals surface area contributed by atoms with Gasteiger partial charge in [-0.3, -0.25) is 0 Å². The van der Waals surface area contributed by atoms with Gasteiger partial charge in [0, 0.05) is 26.2 Å². The highest BCUT2D eigenvalue weighted by Crippen LogP contribution is 2.20. The molecule has 0 saturated carbocycles. The molecule has 2 heterocycles. The fourth-order valence-corrected chi connectivity index (χ4v) is 2.19. The van der Waals surface area contributed by atoms with Crippen LogP contribution < -0.4 is 10.2 Å². The molecule has 1 aliphatic heterocycles. The third kappa shape index (κ3) is 2.56. The zero-order valence-electron chi connectivity index (χ0n) is 10.5. The van der Waals surface area contributed by atoms with Crippen LogP contribution in [0.2, 0.25) is 0 Å². The van der Waals surface area contributed by atoms with E-state index in [2.05, 4.69) is 20.2 Å². The lowest BCUT2D eigenvalue weighted by Crippen LogP contribution is -2.43. The molecule has 1 N–H and O–H groups in total. The number of nitrogens with one attached hydrogen (secondary N) is 1. The van der Waals surface area contributed by atoms with Crippen molar-refractivity contribution in [3.63, 3.8) is 0 Å². The van der Waals surface area contributed by atoms with Crippen molar-refractivity contribution >= 4 is 5.69 Å². The third-order valence-corrected chi connectivity index (χ3v) is 3.24. The zero-order chi connectivity index (χ0) is 13.1. The highest BCUT2D eigenvalue weighted by atomic mass is 19.1. The van der Waals surface area contributed by atoms with E-state index in [4.69, 9.17) is 0 Å². The molecule has 0 atom stereocenters. The van der Waals surface area contributed by atoms with Crippen LogP contribution >= 0.6 is 0 Å². The van der Waals surface area contributed by atoms with Gasteiger partial charge in [-0.25, -0.2) is 14.4 Å². The molecular weight excluding hydrogens is 243 g/mol. The van der Waals surface area contributed by atoms with Crippen LogP contribution in [0.25, 0.3) is 11.4 Å². The second-order valence-electron chi connectivity index (χ2n) is 4.48. The van der Waals surface area contributed by atoms with E-state index in [1.165, 1.54) is 6.07 Å². The number of nitrogens with zero attached hydrogens (tertiary/aromatic N) is 3. The Morgan fingerprint density at radius 1 is 1.05 bits per heavy atom. The van der Waals surface area contributed by atoms with Crippen LogP contribution in [0.4, 0.5) is 10.1 Å². The number of halogens is 1. The van der Waals surface area contributed by atoms with Crippen molar-refractivity contribution in [3.8, 4) is 11.4 Å². The SMILES string of the molecule is Fc1ccccc1-c1ncc(N2CCNCC2)cn1. The molecule has 1 aromatic heterocycles. The van der Waals surface area contributed by atoms with Crippen LogP contribution in [0.3, 0.4) is 0 Å². The van der Waals surface area contributed by atoms with E-state index in [9.17, 15) is 4.39 Å². The summed E-state index contributed by atoms with van der Waals surface area (Å²) in [5, 5.41) is 3.30. The van der Waals surface area contributed by atoms with Crippen LogP contribution in [0.1, 0.15) is 0 Å². The van der Waals surface area contributed by atoms with Gasteiger partial charge >= 0.3 is 0 Å². The lowest BCUT2D eigenvalue weighted by atomic mass is 10.2. The molecule has 0 spiro atoms. The Bertz CT molecular complexity index is 550. The number of piperazine rings is 1. The molecule has 1 aliphatic rings. The standard InChI is InChI=1S/C14H15FN4/c15-13-4-2-1-3-12(13)14-17-9-11(10-18-14)19-7-5-16-6-8-19/h1-4,9-10,16H,5-8H2. The Morgan fingerprint density at radius 3 is 2.42 bits per heavy atom. The van der Waals surface area contributed by atoms with Gasteiger partial charge in [-0.05, 0) is 12.1 Å². The summed E-state index contributed by atoms with van der Waals surface area (Å²) in [5.41, 5.74) is 1.43. The molecule has 2 aromatic rings. The van der Waals surface area contributed by atoms with E-state index in [1.54, 1.807) is 30.6 Å². The summed E-state index contributed by atoms with van der Waals surface area (Å²) >= 11 is 0. The summed E-state index contributed by atoms with van der Waals surface area (Å²) in [7, 11) is 0. The molecule has 98 valence electrons. The van der Waals surface area contributed by atoms with Gasteiger partial charge < -0.3 is 10.2 Å². The lowest BCUT2D eigenvalue weighted by molar-refractivity contribution is 0.588. The maximum atomic E-state index is 13.6. The van der Waals surface area contributed by atoms with E-state index < -0.39 is 0 Å². The lowest BCUT2D eigenvalue weighted by Gasteiger charge is -2.28. The van der Waals surface area contributed by atoms with Crippen molar-refractivity contribution in [2.45, 2.75) is 0 Å². The minimum Gasteiger partial charge on any atom is -0.366 e. The van der Waals surface area contributed by atoms with E-state index in [0.29, 0.717) is 11.4 Å². The van der Waals surface area contributed by atoms with Crippen LogP contribution in [0.5, 0.6) is 0 Å². The second kappa shape index (κ2) is 5.32. The van der Waals surface area contributed by atoms with E-state index >= 15 is 0 Å². The molecule has 19 heavy (non-hydrogen) atoms. The first-order chi connectivity index (χ1) is 9.34. The first-order valence-corrected chi connectivity index (χ1v) is 6.37. The van der Waals surface area contributed by atoms with E-state index in [1.807, 2.05) is 0 Å². The van der Waals surface area contributed by atoms with Crippen molar-refractivity contribution in [3.05, 3.63) is 42.5 Å². The molecule has 4 nitrogen and oxygen atoms in total. The van der Waals surface area contributed by atoms with Gasteiger partial charge in [0.25, 0.3) is 0 Å². The molecule has 0 unspecified atom stereocenters. The number of aromatic nitrogens is 2. The summed E-state index contributed by atoms with van der Waals surface area (Å²) in [4.78, 5) is 10.8. The Hall–Kier alpha value is -2.01. The van der Waals surface area contributed by atoms with Gasteiger partial charge in [0.1, 0.15) is 5.82 Å². The normalized spacial score (nSPS) is 15.5. The van der Waals surface area contributed by atoms with E-state index in [0.717, 1.165) is 31.9 Å². The van der Waals surface area contributed by atoms with Crippen LogP contribution in [-0.4, -0.2) is 36.1 Å². The summed E-state index contributed by atoms with van der Waals surface area (Å²) in [6.45, 7) is 3.83. The fourth-order valence-electron chi connectivity index (χ4n) is 2.19. The highest BCUT2D eigenvalue weighted by Gasteiger charge is 2.12. The second-order valence-corrected chi connectivity index (χ2v) is 4.48. The fraction of sp³-hybridized carbons (Fsp3) is 0.286. The number of rotatable bonds is 2. The van der Waals surface area contributed by atoms with E-state index in [-0.39, 0.29) is 5.82 Å². The maximum absolute atomic E-state index is 13.6. The average molecular weight is 258 g/mol. The number of hydrogen-bond donors (Lipinski definition) is 1. The van der Waals surface area contributed by atoms with Gasteiger partial charge in [-0.1, -0.05) is 12.1 Å². The molecule has 0 bridgehead atoms. The van der Waals surface area contributed by atoms with Gasteiger partial charge in [-0.15, -0.1) is 0 Å². The van der Waals surface area contributed by atoms with Gasteiger partial charge in [0.05, 0.1) is 23.6 Å². The molecule has 1 aromatic carbocycles. The van der Waals surface area contributed by atoms with Crippen LogP contribution in [0.15, 0.2) is 36.7 Å². The van der Waals surface area contributed by atoms with Crippen molar-refractivity contribution in [2.24, 2.45) is 0 Å². The highest BCUT2D eigenvalue weighted by molar-refractivity contribution is 5.57. The quantitative estimate of drug-likeness (QED) is 0.890. The summed E-state index contributed by atoms with van der Waals surface area (Å²) < 4.78 is 13.6. The topological polar surface area (TPSA) is 41.1 Å². The molecule has 0 aliphatic carbocycles. The molecule has 0 radical (unpaired) electrons. The molecule has 1 saturated heterocycles. The Morgan fingerprint density at radius 2 is 1.74 bits per heavy atom. The smallest absolute Gasteiger partial charge is 0.162 e. The minimum absolute atomic E-state index is 0.294. The van der Waals surface area contributed by atoms with Crippen molar-refractivity contribution in [1.29, 1.82) is 0 Å². The number of benzene rings is 1. The summed E-state index contributed by atoms with van der Waals surface area (Å²) in [6.07, 6.45) is 3.53. The summed E-state index contributed by atoms with van der Waals surface area (Å²) in [6, 6.07) is 6.55. The molecule has 1 fully saturated rings. The largest absolute Gasteiger partial charge is 0.366 e. The van der Waals surface area contributed by atoms with Crippen molar-refractivity contribution in [2.75, 3.05) is 31.1 Å². The Labute approximate surface area is 111 Å². The van der Waals surface area contributed by atoms with Crippen LogP contribution in [0, 0.1) is 5.82 Å². The maximum Gasteiger partial charge on any atom is 0.162 e. The first kappa shape index (κ1) is 12.0. The monoisotopic (exact) mass is 258 g/mol. The van der Waals surface area contributed by atoms with Gasteiger partial charge in [0.15, 0.2) is 5.82 Å². The third-order valence-electron chi connectivity index (χ3n) is 3.24. The molecule has 0 amide bonds. The molecular formula is C14H15FN4. The predicted octanol–water partition coefficient (Wildman–Crippen LogP) is 1.69. The van der Waals surface area contributed by atoms with Gasteiger partial charge in [-0.2, -0.15) is 0 Å². The first-order valence-electron chi connectivity index (χ1n) is 6.37. The van der Waals surface area contributed by atoms with Gasteiger partial charge in [0.2, 0.25) is 0 Å². The average Bonchev–Trinajstić information content (AvgIpc) is 2.49. The Kier molecular flexibility index (Phi) is 3.37. The molecule has 5 heteroatoms. The number of anilines is 1. The zero-order valence-corrected chi connectivity index (χ0v) is 10.5. The Balaban J connectivity index is 1.84.